The van der Waals surface area contributed by atoms with Crippen LogP contribution in [-0.4, -0.2) is 33.9 Å². The minimum Gasteiger partial charge on any atom is -0.494 e. The Morgan fingerprint density at radius 1 is 0.957 bits per heavy atom. The zero-order valence-electron chi connectivity index (χ0n) is 25.4. The first-order chi connectivity index (χ1) is 22.3. The molecule has 9 nitrogen and oxygen atoms in total. The number of hydrogen-bond donors (Lipinski definition) is 2. The van der Waals surface area contributed by atoms with Gasteiger partial charge in [-0.1, -0.05) is 36.4 Å². The number of hydrogen-bond acceptors (Lipinski definition) is 6. The van der Waals surface area contributed by atoms with E-state index in [4.69, 9.17) is 20.3 Å². The van der Waals surface area contributed by atoms with Crippen molar-refractivity contribution in [3.8, 4) is 22.6 Å². The van der Waals surface area contributed by atoms with Crippen LogP contribution in [0, 0.1) is 18.6 Å². The molecule has 0 fully saturated rings. The van der Waals surface area contributed by atoms with E-state index in [1.165, 1.54) is 32.2 Å². The maximum absolute atomic E-state index is 15.5. The number of para-hydroxylation sites is 1. The number of unbranched alkanes of at least 4 members (excludes halogenated alkanes) is 1. The third-order valence-electron chi connectivity index (χ3n) is 7.62. The Bertz CT molecular complexity index is 1890. The highest BCUT2D eigenvalue weighted by Crippen LogP contribution is 2.34. The van der Waals surface area contributed by atoms with Crippen molar-refractivity contribution in [1.29, 1.82) is 0 Å². The van der Waals surface area contributed by atoms with E-state index in [2.05, 4.69) is 0 Å². The first-order valence-electron chi connectivity index (χ1n) is 14.5. The summed E-state index contributed by atoms with van der Waals surface area (Å²) >= 11 is 0. The van der Waals surface area contributed by atoms with E-state index in [0.717, 1.165) is 16.7 Å². The smallest absolute Gasteiger partial charge is 0.416 e. The van der Waals surface area contributed by atoms with Gasteiger partial charge in [0.15, 0.2) is 11.6 Å². The zero-order valence-corrected chi connectivity index (χ0v) is 25.4. The molecule has 3 N–H and O–H groups in total. The Morgan fingerprint density at radius 2 is 1.64 bits per heavy atom. The topological polar surface area (TPSA) is 126 Å². The van der Waals surface area contributed by atoms with Gasteiger partial charge in [0.2, 0.25) is 0 Å². The van der Waals surface area contributed by atoms with Crippen LogP contribution in [-0.2, 0) is 24.1 Å². The van der Waals surface area contributed by atoms with E-state index in [0.29, 0.717) is 34.8 Å². The molecule has 4 aromatic rings. The predicted octanol–water partition coefficient (Wildman–Crippen LogP) is 5.67. The Hall–Kier alpha value is -4.98. The van der Waals surface area contributed by atoms with Gasteiger partial charge in [0.05, 0.1) is 44.0 Å². The van der Waals surface area contributed by atoms with Crippen LogP contribution in [0.25, 0.3) is 11.1 Å². The van der Waals surface area contributed by atoms with Crippen molar-refractivity contribution in [1.82, 2.24) is 9.13 Å². The Balaban J connectivity index is 1.85. The van der Waals surface area contributed by atoms with Gasteiger partial charge in [-0.2, -0.15) is 13.2 Å². The number of aliphatic carboxylic acids is 1. The lowest BCUT2D eigenvalue weighted by molar-refractivity contribution is -0.139. The van der Waals surface area contributed by atoms with Crippen LogP contribution >= 0.6 is 0 Å². The van der Waals surface area contributed by atoms with E-state index in [1.54, 1.807) is 24.3 Å². The van der Waals surface area contributed by atoms with Crippen molar-refractivity contribution in [3.05, 3.63) is 116 Å². The molecule has 4 rings (SSSR count). The maximum Gasteiger partial charge on any atom is 0.416 e. The molecule has 1 heterocycles. The summed E-state index contributed by atoms with van der Waals surface area (Å²) in [5, 5.41) is 8.84. The van der Waals surface area contributed by atoms with Crippen molar-refractivity contribution >= 4 is 5.97 Å². The molecule has 1 unspecified atom stereocenters. The number of carbonyl (C=O) groups is 1. The number of methoxy groups -OCH3 is 1. The molecule has 0 radical (unpaired) electrons. The van der Waals surface area contributed by atoms with Gasteiger partial charge in [0, 0.05) is 28.8 Å². The lowest BCUT2D eigenvalue weighted by Gasteiger charge is -2.22. The fourth-order valence-electron chi connectivity index (χ4n) is 5.24. The summed E-state index contributed by atoms with van der Waals surface area (Å²) in [4.78, 5) is 38.6. The molecular weight excluding hydrogens is 629 g/mol. The van der Waals surface area contributed by atoms with E-state index in [1.807, 2.05) is 0 Å². The number of nitrogens with zero attached hydrogens (tertiary/aromatic N) is 2. The highest BCUT2D eigenvalue weighted by atomic mass is 19.4. The molecule has 0 aliphatic rings. The number of rotatable bonds is 13. The Labute approximate surface area is 265 Å². The molecule has 0 aliphatic heterocycles. The molecule has 0 saturated carbocycles. The molecule has 14 heteroatoms. The summed E-state index contributed by atoms with van der Waals surface area (Å²) in [5.41, 5.74) is 1.73. The lowest BCUT2D eigenvalue weighted by Crippen LogP contribution is -2.44. The number of nitrogens with two attached hydrogens (primary N) is 1. The largest absolute Gasteiger partial charge is 0.494 e. The second kappa shape index (κ2) is 14.6. The van der Waals surface area contributed by atoms with Crippen LogP contribution in [0.1, 0.15) is 47.7 Å². The quantitative estimate of drug-likeness (QED) is 0.140. The second-order valence-corrected chi connectivity index (χ2v) is 10.7. The van der Waals surface area contributed by atoms with Crippen molar-refractivity contribution in [2.24, 2.45) is 5.73 Å². The number of benzene rings is 3. The molecule has 0 bridgehead atoms. The number of ether oxygens (including phenoxy) is 2. The average Bonchev–Trinajstić information content (AvgIpc) is 3.02. The van der Waals surface area contributed by atoms with E-state index in [9.17, 15) is 31.9 Å². The Morgan fingerprint density at radius 3 is 2.32 bits per heavy atom. The third-order valence-corrected chi connectivity index (χ3v) is 7.62. The van der Waals surface area contributed by atoms with Gasteiger partial charge in [-0.25, -0.2) is 13.6 Å². The van der Waals surface area contributed by atoms with Crippen LogP contribution in [0.4, 0.5) is 22.0 Å². The minimum absolute atomic E-state index is 0.0410. The second-order valence-electron chi connectivity index (χ2n) is 10.7. The molecule has 1 aromatic heterocycles. The van der Waals surface area contributed by atoms with Crippen LogP contribution in [0.5, 0.6) is 11.5 Å². The van der Waals surface area contributed by atoms with Gasteiger partial charge in [-0.3, -0.25) is 18.7 Å². The van der Waals surface area contributed by atoms with Gasteiger partial charge in [-0.05, 0) is 44.0 Å². The van der Waals surface area contributed by atoms with Crippen molar-refractivity contribution < 1.29 is 41.3 Å². The molecular formula is C33H32F5N3O6. The average molecular weight is 662 g/mol. The van der Waals surface area contributed by atoms with Gasteiger partial charge in [0.25, 0.3) is 5.56 Å². The number of halogens is 5. The highest BCUT2D eigenvalue weighted by Gasteiger charge is 2.35. The fraction of sp³-hybridized carbons (Fsp3) is 0.303. The normalized spacial score (nSPS) is 12.2. The predicted molar refractivity (Wildman–Crippen MR) is 163 cm³/mol. The molecule has 0 amide bonds. The van der Waals surface area contributed by atoms with Crippen molar-refractivity contribution in [3.63, 3.8) is 0 Å². The number of carboxylic acid groups (broad SMARTS) is 1. The number of aromatic nitrogens is 2. The van der Waals surface area contributed by atoms with E-state index < -0.39 is 65.3 Å². The number of carboxylic acids is 1. The molecule has 47 heavy (non-hydrogen) atoms. The molecule has 0 spiro atoms. The summed E-state index contributed by atoms with van der Waals surface area (Å²) in [6.45, 7) is -0.0453. The molecule has 3 aromatic carbocycles. The van der Waals surface area contributed by atoms with Crippen LogP contribution < -0.4 is 26.5 Å². The first-order valence-corrected chi connectivity index (χ1v) is 14.5. The monoisotopic (exact) mass is 661 g/mol. The maximum atomic E-state index is 15.5. The summed E-state index contributed by atoms with van der Waals surface area (Å²) in [6.07, 6.45) is -4.22. The highest BCUT2D eigenvalue weighted by molar-refractivity contribution is 5.68. The van der Waals surface area contributed by atoms with E-state index in [-0.39, 0.29) is 35.6 Å². The molecule has 1 atom stereocenters. The standard InChI is InChI=1S/C33H32F5N3O6/c1-19-29(21-10-7-14-27(46-2)30(21)35)31(44)41(32(45)40(19)17-22-23(33(36,37)38)11-8-12-24(22)34)18-25(39)20-9-3-4-13-26(20)47-16-6-5-15-28(42)43/h3-4,7-14,25H,5-6,15-18,39H2,1-2H3,(H,42,43). The van der Waals surface area contributed by atoms with Crippen LogP contribution in [0.2, 0.25) is 0 Å². The molecule has 0 aliphatic carbocycles. The van der Waals surface area contributed by atoms with Gasteiger partial charge in [0.1, 0.15) is 11.6 Å². The lowest BCUT2D eigenvalue weighted by atomic mass is 10.0. The summed E-state index contributed by atoms with van der Waals surface area (Å²) in [7, 11) is 1.20. The third kappa shape index (κ3) is 7.71. The molecule has 0 saturated heterocycles. The minimum atomic E-state index is -4.97. The van der Waals surface area contributed by atoms with Crippen molar-refractivity contribution in [2.45, 2.75) is 51.5 Å². The van der Waals surface area contributed by atoms with Gasteiger partial charge < -0.3 is 20.3 Å². The van der Waals surface area contributed by atoms with Crippen LogP contribution in [0.3, 0.4) is 0 Å². The summed E-state index contributed by atoms with van der Waals surface area (Å²) < 4.78 is 84.5. The van der Waals surface area contributed by atoms with Crippen molar-refractivity contribution in [2.75, 3.05) is 13.7 Å². The van der Waals surface area contributed by atoms with Gasteiger partial charge in [-0.15, -0.1) is 0 Å². The summed E-state index contributed by atoms with van der Waals surface area (Å²) in [5.74, 6) is -3.07. The van der Waals surface area contributed by atoms with E-state index >= 15 is 4.39 Å². The van der Waals surface area contributed by atoms with Crippen LogP contribution in [0.15, 0.2) is 70.3 Å². The SMILES string of the molecule is COc1cccc(-c2c(C)n(Cc3c(F)cccc3C(F)(F)F)c(=O)n(CC(N)c3ccccc3OCCCCC(=O)O)c2=O)c1F. The van der Waals surface area contributed by atoms with Gasteiger partial charge >= 0.3 is 17.8 Å². The fourth-order valence-corrected chi connectivity index (χ4v) is 5.24. The summed E-state index contributed by atoms with van der Waals surface area (Å²) in [6, 6.07) is 11.7. The first kappa shape index (κ1) is 34.9. The Kier molecular flexibility index (Phi) is 10.9. The molecule has 250 valence electrons. The number of alkyl halides is 3. The zero-order chi connectivity index (χ0) is 34.5.